The van der Waals surface area contributed by atoms with Crippen LogP contribution in [0.15, 0.2) is 24.4 Å². The van der Waals surface area contributed by atoms with Gasteiger partial charge in [0.15, 0.2) is 0 Å². The molecule has 0 radical (unpaired) electrons. The maximum atomic E-state index is 4.04. The molecule has 1 heterocycles. The van der Waals surface area contributed by atoms with Crippen molar-refractivity contribution in [3.63, 3.8) is 0 Å². The molecule has 1 aromatic heterocycles. The molecule has 0 saturated heterocycles. The van der Waals surface area contributed by atoms with E-state index < -0.39 is 0 Å². The van der Waals surface area contributed by atoms with Crippen molar-refractivity contribution < 1.29 is 0 Å². The van der Waals surface area contributed by atoms with E-state index in [0.29, 0.717) is 0 Å². The molecule has 0 spiro atoms. The lowest BCUT2D eigenvalue weighted by Gasteiger charge is -1.83. The van der Waals surface area contributed by atoms with Gasteiger partial charge in [0.05, 0.1) is 0 Å². The SMILES string of the molecule is CC.CCC#Cc1ccccn1. The molecule has 1 rings (SSSR count). The Morgan fingerprint density at radius 2 is 2.08 bits per heavy atom. The quantitative estimate of drug-likeness (QED) is 0.533. The number of pyridine rings is 1. The molecule has 1 nitrogen and oxygen atoms in total. The van der Waals surface area contributed by atoms with Crippen molar-refractivity contribution >= 4 is 0 Å². The van der Waals surface area contributed by atoms with Crippen LogP contribution in [0.25, 0.3) is 0 Å². The van der Waals surface area contributed by atoms with E-state index in [1.165, 1.54) is 0 Å². The molecule has 0 aliphatic carbocycles. The molecule has 0 unspecified atom stereocenters. The fraction of sp³-hybridized carbons (Fsp3) is 0.364. The molecule has 0 aromatic carbocycles. The normalized spacial score (nSPS) is 7.25. The fourth-order valence-electron chi connectivity index (χ4n) is 0.616. The summed E-state index contributed by atoms with van der Waals surface area (Å²) in [5.41, 5.74) is 0.851. The molecule has 0 aliphatic rings. The molecule has 12 heavy (non-hydrogen) atoms. The highest BCUT2D eigenvalue weighted by Gasteiger charge is 1.80. The third kappa shape index (κ3) is 4.51. The third-order valence-electron chi connectivity index (χ3n) is 1.06. The molecule has 0 aliphatic heterocycles. The molecule has 0 N–H and O–H groups in total. The number of hydrogen-bond donors (Lipinski definition) is 0. The predicted molar refractivity (Wildman–Crippen MR) is 52.8 cm³/mol. The summed E-state index contributed by atoms with van der Waals surface area (Å²) < 4.78 is 0. The third-order valence-corrected chi connectivity index (χ3v) is 1.06. The molecule has 1 aromatic rings. The van der Waals surface area contributed by atoms with Crippen molar-refractivity contribution in [3.05, 3.63) is 30.1 Å². The molecule has 0 amide bonds. The van der Waals surface area contributed by atoms with Crippen molar-refractivity contribution in [1.29, 1.82) is 0 Å². The second-order valence-electron chi connectivity index (χ2n) is 1.87. The Morgan fingerprint density at radius 1 is 1.33 bits per heavy atom. The lowest BCUT2D eigenvalue weighted by atomic mass is 10.3. The Morgan fingerprint density at radius 3 is 2.58 bits per heavy atom. The van der Waals surface area contributed by atoms with Crippen LogP contribution >= 0.6 is 0 Å². The topological polar surface area (TPSA) is 12.9 Å². The molecule has 1 heteroatoms. The van der Waals surface area contributed by atoms with Crippen LogP contribution in [0.4, 0.5) is 0 Å². The van der Waals surface area contributed by atoms with Gasteiger partial charge in [-0.3, -0.25) is 0 Å². The minimum atomic E-state index is 0.851. The standard InChI is InChI=1S/C9H9N.C2H6/c1-2-3-6-9-7-4-5-8-10-9;1-2/h4-5,7-8H,2H2,1H3;1-2H3. The summed E-state index contributed by atoms with van der Waals surface area (Å²) >= 11 is 0. The van der Waals surface area contributed by atoms with E-state index >= 15 is 0 Å². The molecular formula is C11H15N. The summed E-state index contributed by atoms with van der Waals surface area (Å²) in [5, 5.41) is 0. The molecule has 0 atom stereocenters. The van der Waals surface area contributed by atoms with Crippen LogP contribution in [0.1, 0.15) is 32.9 Å². The van der Waals surface area contributed by atoms with Gasteiger partial charge in [0.2, 0.25) is 0 Å². The minimum absolute atomic E-state index is 0.851. The lowest BCUT2D eigenvalue weighted by molar-refractivity contribution is 1.26. The van der Waals surface area contributed by atoms with Gasteiger partial charge in [-0.2, -0.15) is 0 Å². The molecule has 0 bridgehead atoms. The number of aromatic nitrogens is 1. The first-order valence-electron chi connectivity index (χ1n) is 4.33. The second-order valence-corrected chi connectivity index (χ2v) is 1.87. The first-order valence-corrected chi connectivity index (χ1v) is 4.33. The van der Waals surface area contributed by atoms with Crippen LogP contribution in [0.2, 0.25) is 0 Å². The van der Waals surface area contributed by atoms with E-state index in [2.05, 4.69) is 16.8 Å². The van der Waals surface area contributed by atoms with Crippen LogP contribution in [0, 0.1) is 11.8 Å². The molecule has 64 valence electrons. The minimum Gasteiger partial charge on any atom is -0.248 e. The van der Waals surface area contributed by atoms with Gasteiger partial charge in [-0.25, -0.2) is 4.98 Å². The van der Waals surface area contributed by atoms with Crippen LogP contribution in [-0.4, -0.2) is 4.98 Å². The van der Waals surface area contributed by atoms with Crippen LogP contribution in [0.5, 0.6) is 0 Å². The first kappa shape index (κ1) is 10.7. The zero-order valence-corrected chi connectivity index (χ0v) is 7.96. The molecular weight excluding hydrogens is 146 g/mol. The predicted octanol–water partition coefficient (Wildman–Crippen LogP) is 2.87. The molecule has 0 saturated carbocycles. The average Bonchev–Trinajstić information content (AvgIpc) is 2.19. The Labute approximate surface area is 74.8 Å². The highest BCUT2D eigenvalue weighted by atomic mass is 14.6. The van der Waals surface area contributed by atoms with Crippen molar-refractivity contribution in [2.24, 2.45) is 0 Å². The number of nitrogens with zero attached hydrogens (tertiary/aromatic N) is 1. The largest absolute Gasteiger partial charge is 0.248 e. The van der Waals surface area contributed by atoms with Gasteiger partial charge in [0.1, 0.15) is 5.69 Å². The highest BCUT2D eigenvalue weighted by molar-refractivity contribution is 5.26. The maximum absolute atomic E-state index is 4.04. The Balaban J connectivity index is 0.000000561. The zero-order chi connectivity index (χ0) is 9.23. The van der Waals surface area contributed by atoms with Gasteiger partial charge in [-0.05, 0) is 18.1 Å². The number of hydrogen-bond acceptors (Lipinski definition) is 1. The average molecular weight is 161 g/mol. The maximum Gasteiger partial charge on any atom is 0.113 e. The first-order chi connectivity index (χ1) is 5.93. The summed E-state index contributed by atoms with van der Waals surface area (Å²) in [4.78, 5) is 4.04. The van der Waals surface area contributed by atoms with E-state index in [1.54, 1.807) is 6.20 Å². The zero-order valence-electron chi connectivity index (χ0n) is 7.96. The van der Waals surface area contributed by atoms with E-state index in [1.807, 2.05) is 39.0 Å². The van der Waals surface area contributed by atoms with Crippen LogP contribution < -0.4 is 0 Å². The summed E-state index contributed by atoms with van der Waals surface area (Å²) in [7, 11) is 0. The van der Waals surface area contributed by atoms with Crippen molar-refractivity contribution in [3.8, 4) is 11.8 Å². The van der Waals surface area contributed by atoms with E-state index in [4.69, 9.17) is 0 Å². The van der Waals surface area contributed by atoms with Gasteiger partial charge in [0.25, 0.3) is 0 Å². The summed E-state index contributed by atoms with van der Waals surface area (Å²) in [5.74, 6) is 5.89. The van der Waals surface area contributed by atoms with E-state index in [0.717, 1.165) is 12.1 Å². The van der Waals surface area contributed by atoms with Gasteiger partial charge in [-0.15, -0.1) is 0 Å². The summed E-state index contributed by atoms with van der Waals surface area (Å²) in [6, 6.07) is 5.73. The smallest absolute Gasteiger partial charge is 0.113 e. The highest BCUT2D eigenvalue weighted by Crippen LogP contribution is 1.88. The Kier molecular flexibility index (Phi) is 6.97. The van der Waals surface area contributed by atoms with Crippen LogP contribution in [0.3, 0.4) is 0 Å². The van der Waals surface area contributed by atoms with Gasteiger partial charge in [0, 0.05) is 12.6 Å². The second kappa shape index (κ2) is 7.81. The summed E-state index contributed by atoms with van der Waals surface area (Å²) in [6.45, 7) is 6.02. The Bertz CT molecular complexity index is 241. The monoisotopic (exact) mass is 161 g/mol. The van der Waals surface area contributed by atoms with Crippen molar-refractivity contribution in [1.82, 2.24) is 4.98 Å². The van der Waals surface area contributed by atoms with Gasteiger partial charge in [-0.1, -0.05) is 32.8 Å². The number of rotatable bonds is 0. The van der Waals surface area contributed by atoms with Gasteiger partial charge < -0.3 is 0 Å². The Hall–Kier alpha value is -1.29. The molecule has 0 fully saturated rings. The van der Waals surface area contributed by atoms with E-state index in [-0.39, 0.29) is 0 Å². The van der Waals surface area contributed by atoms with Crippen molar-refractivity contribution in [2.75, 3.05) is 0 Å². The van der Waals surface area contributed by atoms with Gasteiger partial charge >= 0.3 is 0 Å². The van der Waals surface area contributed by atoms with E-state index in [9.17, 15) is 0 Å². The van der Waals surface area contributed by atoms with Crippen LogP contribution in [-0.2, 0) is 0 Å². The fourth-order valence-corrected chi connectivity index (χ4v) is 0.616. The summed E-state index contributed by atoms with van der Waals surface area (Å²) in [6.07, 6.45) is 2.64. The lowest BCUT2D eigenvalue weighted by Crippen LogP contribution is -1.77. The van der Waals surface area contributed by atoms with Crippen molar-refractivity contribution in [2.45, 2.75) is 27.2 Å².